The minimum Gasteiger partial charge on any atom is -0.497 e. The number of hydrogen-bond donors (Lipinski definition) is 1. The molecule has 1 N–H and O–H groups in total. The van der Waals surface area contributed by atoms with Gasteiger partial charge in [0.15, 0.2) is 27.3 Å². The highest BCUT2D eigenvalue weighted by atomic mass is 32.2. The van der Waals surface area contributed by atoms with Gasteiger partial charge in [-0.1, -0.05) is 0 Å². The van der Waals surface area contributed by atoms with Crippen molar-refractivity contribution in [3.05, 3.63) is 47.3 Å². The summed E-state index contributed by atoms with van der Waals surface area (Å²) >= 11 is 0. The quantitative estimate of drug-likeness (QED) is 0.676. The molecule has 2 aromatic rings. The number of anilines is 2. The maximum absolute atomic E-state index is 15.5. The van der Waals surface area contributed by atoms with E-state index in [4.69, 9.17) is 9.47 Å². The molecule has 4 rings (SSSR count). The van der Waals surface area contributed by atoms with E-state index < -0.39 is 55.1 Å². The summed E-state index contributed by atoms with van der Waals surface area (Å²) in [6.07, 6.45) is 1.17. The van der Waals surface area contributed by atoms with Gasteiger partial charge in [0.05, 0.1) is 24.7 Å². The maximum Gasteiger partial charge on any atom is 0.261 e. The zero-order valence-corrected chi connectivity index (χ0v) is 18.0. The van der Waals surface area contributed by atoms with E-state index in [1.165, 1.54) is 36.3 Å². The van der Waals surface area contributed by atoms with Crippen LogP contribution in [0.3, 0.4) is 0 Å². The molecule has 0 radical (unpaired) electrons. The van der Waals surface area contributed by atoms with Crippen molar-refractivity contribution in [2.45, 2.75) is 23.8 Å². The summed E-state index contributed by atoms with van der Waals surface area (Å²) in [6.45, 7) is 0.486. The average Bonchev–Trinajstić information content (AvgIpc) is 3.27. The van der Waals surface area contributed by atoms with Crippen molar-refractivity contribution in [1.82, 2.24) is 0 Å². The van der Waals surface area contributed by atoms with E-state index in [1.54, 1.807) is 0 Å². The number of fused-ring (bicyclic) bond motifs is 1. The summed E-state index contributed by atoms with van der Waals surface area (Å²) in [5, 5.41) is 2.30. The van der Waals surface area contributed by atoms with Gasteiger partial charge < -0.3 is 19.7 Å². The molecule has 0 spiro atoms. The third kappa shape index (κ3) is 4.02. The first-order chi connectivity index (χ1) is 15.2. The molecule has 0 unspecified atom stereocenters. The lowest BCUT2D eigenvalue weighted by Crippen LogP contribution is -2.42. The van der Waals surface area contributed by atoms with E-state index in [-0.39, 0.29) is 24.9 Å². The van der Waals surface area contributed by atoms with Gasteiger partial charge in [0, 0.05) is 25.4 Å². The van der Waals surface area contributed by atoms with E-state index in [9.17, 15) is 22.0 Å². The second-order valence-electron chi connectivity index (χ2n) is 7.58. The summed E-state index contributed by atoms with van der Waals surface area (Å²) in [6, 6.07) is 5.92. The van der Waals surface area contributed by atoms with Crippen molar-refractivity contribution >= 4 is 27.1 Å². The van der Waals surface area contributed by atoms with Crippen molar-refractivity contribution in [1.29, 1.82) is 0 Å². The fourth-order valence-electron chi connectivity index (χ4n) is 3.92. The lowest BCUT2D eigenvalue weighted by atomic mass is 10.1. The van der Waals surface area contributed by atoms with Crippen molar-refractivity contribution < 1.29 is 35.9 Å². The molecule has 1 atom stereocenters. The Morgan fingerprint density at radius 1 is 1.19 bits per heavy atom. The zero-order valence-electron chi connectivity index (χ0n) is 17.2. The normalized spacial score (nSPS) is 19.5. The van der Waals surface area contributed by atoms with Gasteiger partial charge in [0.1, 0.15) is 16.2 Å². The SMILES string of the molecule is COc1ccc(NC(=O)c2c(F)c(F)c3c(c2F)N(C[C@@H]2CCCO2)CCS3(=O)=O)cc1. The van der Waals surface area contributed by atoms with Gasteiger partial charge >= 0.3 is 0 Å². The third-order valence-corrected chi connectivity index (χ3v) is 7.25. The molecule has 0 bridgehead atoms. The van der Waals surface area contributed by atoms with Gasteiger partial charge in [0.2, 0.25) is 0 Å². The first-order valence-electron chi connectivity index (χ1n) is 9.98. The smallest absolute Gasteiger partial charge is 0.261 e. The largest absolute Gasteiger partial charge is 0.497 e. The fraction of sp³-hybridized carbons (Fsp3) is 0.381. The Labute approximate surface area is 183 Å². The highest BCUT2D eigenvalue weighted by Gasteiger charge is 2.40. The van der Waals surface area contributed by atoms with Crippen molar-refractivity contribution in [3.63, 3.8) is 0 Å². The molecule has 2 heterocycles. The number of sulfone groups is 1. The molecule has 0 aromatic heterocycles. The summed E-state index contributed by atoms with van der Waals surface area (Å²) in [5.74, 6) is -6.29. The van der Waals surface area contributed by atoms with Crippen LogP contribution < -0.4 is 15.0 Å². The van der Waals surface area contributed by atoms with Gasteiger partial charge in [-0.15, -0.1) is 0 Å². The number of carbonyl (C=O) groups excluding carboxylic acids is 1. The van der Waals surface area contributed by atoms with Crippen molar-refractivity contribution in [2.75, 3.05) is 42.8 Å². The summed E-state index contributed by atoms with van der Waals surface area (Å²) in [4.78, 5) is 12.9. The number of methoxy groups -OCH3 is 1. The first kappa shape index (κ1) is 22.4. The van der Waals surface area contributed by atoms with Crippen LogP contribution in [-0.4, -0.2) is 53.0 Å². The molecule has 0 saturated carbocycles. The molecule has 2 aliphatic heterocycles. The number of hydrogen-bond acceptors (Lipinski definition) is 6. The number of nitrogens with zero attached hydrogens (tertiary/aromatic N) is 1. The monoisotopic (exact) mass is 470 g/mol. The number of ether oxygens (including phenoxy) is 2. The number of rotatable bonds is 5. The highest BCUT2D eigenvalue weighted by molar-refractivity contribution is 7.91. The summed E-state index contributed by atoms with van der Waals surface area (Å²) in [7, 11) is -2.83. The highest BCUT2D eigenvalue weighted by Crippen LogP contribution is 2.39. The van der Waals surface area contributed by atoms with Gasteiger partial charge in [0.25, 0.3) is 5.91 Å². The molecule has 32 heavy (non-hydrogen) atoms. The van der Waals surface area contributed by atoms with Crippen LogP contribution in [-0.2, 0) is 14.6 Å². The second kappa shape index (κ2) is 8.62. The standard InChI is InChI=1S/C21H21F3N2O5S/c1-30-13-6-4-12(5-7-13)25-21(27)15-16(22)18(24)20-19(17(15)23)26(8-10-32(20,28)29)11-14-3-2-9-31-14/h4-7,14H,2-3,8-11H2,1H3,(H,25,27)/t14-/m0/s1. The molecule has 0 aliphatic carbocycles. The molecule has 7 nitrogen and oxygen atoms in total. The van der Waals surface area contributed by atoms with Crippen LogP contribution >= 0.6 is 0 Å². The number of benzene rings is 2. The predicted molar refractivity (Wildman–Crippen MR) is 111 cm³/mol. The first-order valence-corrected chi connectivity index (χ1v) is 11.6. The van der Waals surface area contributed by atoms with E-state index in [2.05, 4.69) is 5.32 Å². The van der Waals surface area contributed by atoms with Gasteiger partial charge in [-0.05, 0) is 37.1 Å². The minimum absolute atomic E-state index is 0.101. The van der Waals surface area contributed by atoms with Crippen LogP contribution in [0.25, 0.3) is 0 Å². The molecule has 1 fully saturated rings. The number of carbonyl (C=O) groups is 1. The Morgan fingerprint density at radius 3 is 2.53 bits per heavy atom. The zero-order chi connectivity index (χ0) is 23.0. The second-order valence-corrected chi connectivity index (χ2v) is 9.62. The van der Waals surface area contributed by atoms with Gasteiger partial charge in [-0.2, -0.15) is 0 Å². The van der Waals surface area contributed by atoms with Crippen LogP contribution in [0.1, 0.15) is 23.2 Å². The molecule has 172 valence electrons. The van der Waals surface area contributed by atoms with Gasteiger partial charge in [-0.25, -0.2) is 21.6 Å². The van der Waals surface area contributed by atoms with Crippen LogP contribution in [0.15, 0.2) is 29.2 Å². The Hall–Kier alpha value is -2.79. The van der Waals surface area contributed by atoms with E-state index in [0.29, 0.717) is 18.8 Å². The third-order valence-electron chi connectivity index (χ3n) is 5.53. The maximum atomic E-state index is 15.5. The molecule has 1 saturated heterocycles. The van der Waals surface area contributed by atoms with Crippen LogP contribution in [0, 0.1) is 17.5 Å². The van der Waals surface area contributed by atoms with Crippen LogP contribution in [0.2, 0.25) is 0 Å². The number of amides is 1. The van der Waals surface area contributed by atoms with Crippen molar-refractivity contribution in [3.8, 4) is 5.75 Å². The molecule has 2 aromatic carbocycles. The average molecular weight is 470 g/mol. The van der Waals surface area contributed by atoms with E-state index >= 15 is 4.39 Å². The number of halogens is 3. The Bertz CT molecular complexity index is 1150. The fourth-order valence-corrected chi connectivity index (χ4v) is 5.46. The molecule has 11 heteroatoms. The van der Waals surface area contributed by atoms with E-state index in [1.807, 2.05) is 0 Å². The summed E-state index contributed by atoms with van der Waals surface area (Å²) in [5.41, 5.74) is -1.63. The lowest BCUT2D eigenvalue weighted by molar-refractivity contribution is 0.101. The van der Waals surface area contributed by atoms with E-state index in [0.717, 1.165) is 6.42 Å². The predicted octanol–water partition coefficient (Wildman–Crippen LogP) is 3.14. The molecule has 1 amide bonds. The minimum atomic E-state index is -4.28. The van der Waals surface area contributed by atoms with Gasteiger partial charge in [-0.3, -0.25) is 4.79 Å². The number of nitrogens with one attached hydrogen (secondary N) is 1. The Kier molecular flexibility index (Phi) is 6.04. The topological polar surface area (TPSA) is 84.9 Å². The Morgan fingerprint density at radius 2 is 1.91 bits per heavy atom. The lowest BCUT2D eigenvalue weighted by Gasteiger charge is -2.33. The Balaban J connectivity index is 1.76. The van der Waals surface area contributed by atoms with Crippen LogP contribution in [0.5, 0.6) is 5.75 Å². The molecule has 2 aliphatic rings. The van der Waals surface area contributed by atoms with Crippen LogP contribution in [0.4, 0.5) is 24.5 Å². The summed E-state index contributed by atoms with van der Waals surface area (Å²) < 4.78 is 80.7. The molecular formula is C21H21F3N2O5S. The molecular weight excluding hydrogens is 449 g/mol. The van der Waals surface area contributed by atoms with Crippen molar-refractivity contribution in [2.24, 2.45) is 0 Å².